The van der Waals surface area contributed by atoms with Gasteiger partial charge in [-0.2, -0.15) is 11.8 Å². The van der Waals surface area contributed by atoms with Crippen molar-refractivity contribution in [2.45, 2.75) is 52.0 Å². The fourth-order valence-electron chi connectivity index (χ4n) is 1.53. The molecule has 0 radical (unpaired) electrons. The predicted octanol–water partition coefficient (Wildman–Crippen LogP) is 2.15. The number of amides is 1. The lowest BCUT2D eigenvalue weighted by atomic mass is 9.94. The number of hydrogen-bond donors (Lipinski definition) is 2. The van der Waals surface area contributed by atoms with Crippen LogP contribution in [0.25, 0.3) is 0 Å². The van der Waals surface area contributed by atoms with Crippen molar-refractivity contribution in [3.8, 4) is 0 Å². The van der Waals surface area contributed by atoms with E-state index < -0.39 is 5.54 Å². The van der Waals surface area contributed by atoms with Crippen LogP contribution in [0.3, 0.4) is 0 Å². The van der Waals surface area contributed by atoms with Crippen LogP contribution < -0.4 is 11.1 Å². The Labute approximate surface area is 104 Å². The molecule has 0 rings (SSSR count). The van der Waals surface area contributed by atoms with Gasteiger partial charge in [-0.1, -0.05) is 20.3 Å². The van der Waals surface area contributed by atoms with Crippen molar-refractivity contribution in [1.82, 2.24) is 5.32 Å². The Hall–Kier alpha value is -0.220. The molecule has 0 spiro atoms. The Morgan fingerprint density at radius 3 is 2.56 bits per heavy atom. The third-order valence-electron chi connectivity index (χ3n) is 2.73. The van der Waals surface area contributed by atoms with Gasteiger partial charge in [0, 0.05) is 0 Å². The van der Waals surface area contributed by atoms with Gasteiger partial charge in [-0.15, -0.1) is 0 Å². The van der Waals surface area contributed by atoms with Crippen LogP contribution in [0, 0.1) is 0 Å². The number of hydrogen-bond acceptors (Lipinski definition) is 3. The van der Waals surface area contributed by atoms with Crippen molar-refractivity contribution in [3.05, 3.63) is 0 Å². The maximum Gasteiger partial charge on any atom is 0.237 e. The number of unbranched alkanes of at least 4 members (excludes halogenated alkanes) is 1. The molecule has 0 bridgehead atoms. The molecule has 0 saturated carbocycles. The van der Waals surface area contributed by atoms with Crippen LogP contribution in [-0.4, -0.2) is 29.5 Å². The van der Waals surface area contributed by atoms with Crippen LogP contribution in [0.4, 0.5) is 0 Å². The summed E-state index contributed by atoms with van der Waals surface area (Å²) in [6.45, 7) is 7.02. The Bertz CT molecular complexity index is 199. The second-order valence-electron chi connectivity index (χ2n) is 4.28. The molecule has 3 N–H and O–H groups in total. The van der Waals surface area contributed by atoms with E-state index in [1.54, 1.807) is 0 Å². The summed E-state index contributed by atoms with van der Waals surface area (Å²) in [6, 6.07) is 0. The molecule has 1 amide bonds. The molecule has 0 heterocycles. The van der Waals surface area contributed by atoms with Gasteiger partial charge in [-0.25, -0.2) is 0 Å². The van der Waals surface area contributed by atoms with Crippen LogP contribution in [-0.2, 0) is 4.79 Å². The Morgan fingerprint density at radius 2 is 2.06 bits per heavy atom. The molecule has 0 aromatic heterocycles. The topological polar surface area (TPSA) is 55.1 Å². The van der Waals surface area contributed by atoms with Gasteiger partial charge in [0.25, 0.3) is 0 Å². The van der Waals surface area contributed by atoms with Crippen molar-refractivity contribution >= 4 is 17.7 Å². The highest BCUT2D eigenvalue weighted by Gasteiger charge is 2.29. The lowest BCUT2D eigenvalue weighted by Gasteiger charge is -2.27. The number of thioether (sulfide) groups is 1. The van der Waals surface area contributed by atoms with E-state index in [-0.39, 0.29) is 5.91 Å². The first-order valence-electron chi connectivity index (χ1n) is 6.19. The van der Waals surface area contributed by atoms with E-state index >= 15 is 0 Å². The standard InChI is InChI=1S/C12H26N2OS/c1-4-9-14-12(3,11(13)15)8-6-7-10-16-5-2/h14H,4-10H2,1-3H3,(H2,13,15). The average Bonchev–Trinajstić information content (AvgIpc) is 2.26. The molecular weight excluding hydrogens is 220 g/mol. The number of nitrogens with two attached hydrogens (primary N) is 1. The minimum absolute atomic E-state index is 0.232. The van der Waals surface area contributed by atoms with Crippen LogP contribution >= 0.6 is 11.8 Å². The van der Waals surface area contributed by atoms with Crippen LogP contribution in [0.1, 0.15) is 46.5 Å². The van der Waals surface area contributed by atoms with Gasteiger partial charge in [0.05, 0.1) is 5.54 Å². The normalized spacial score (nSPS) is 14.7. The number of rotatable bonds is 10. The van der Waals surface area contributed by atoms with Gasteiger partial charge in [0.1, 0.15) is 0 Å². The number of carbonyl (C=O) groups is 1. The molecule has 4 heteroatoms. The van der Waals surface area contributed by atoms with E-state index in [1.807, 2.05) is 18.7 Å². The first-order valence-corrected chi connectivity index (χ1v) is 7.35. The smallest absolute Gasteiger partial charge is 0.237 e. The van der Waals surface area contributed by atoms with Gasteiger partial charge in [0.2, 0.25) is 5.91 Å². The Balaban J connectivity index is 3.88. The maximum atomic E-state index is 11.4. The Morgan fingerprint density at radius 1 is 1.38 bits per heavy atom. The molecule has 0 aromatic carbocycles. The summed E-state index contributed by atoms with van der Waals surface area (Å²) in [6.07, 6.45) is 4.08. The van der Waals surface area contributed by atoms with E-state index in [1.165, 1.54) is 11.5 Å². The zero-order valence-electron chi connectivity index (χ0n) is 10.8. The molecule has 0 saturated heterocycles. The fourth-order valence-corrected chi connectivity index (χ4v) is 2.22. The molecule has 1 unspecified atom stereocenters. The first-order chi connectivity index (χ1) is 7.56. The van der Waals surface area contributed by atoms with E-state index in [4.69, 9.17) is 5.73 Å². The first kappa shape index (κ1) is 15.8. The van der Waals surface area contributed by atoms with Gasteiger partial charge in [0.15, 0.2) is 0 Å². The van der Waals surface area contributed by atoms with E-state index in [2.05, 4.69) is 19.2 Å². The van der Waals surface area contributed by atoms with Crippen molar-refractivity contribution in [3.63, 3.8) is 0 Å². The zero-order chi connectivity index (χ0) is 12.4. The number of primary amides is 1. The van der Waals surface area contributed by atoms with Crippen molar-refractivity contribution in [2.24, 2.45) is 5.73 Å². The fraction of sp³-hybridized carbons (Fsp3) is 0.917. The minimum atomic E-state index is -0.521. The SMILES string of the molecule is CCCNC(C)(CCCCSCC)C(N)=O. The van der Waals surface area contributed by atoms with E-state index in [9.17, 15) is 4.79 Å². The summed E-state index contributed by atoms with van der Waals surface area (Å²) in [4.78, 5) is 11.4. The molecule has 1 atom stereocenters. The van der Waals surface area contributed by atoms with Crippen LogP contribution in [0.2, 0.25) is 0 Å². The van der Waals surface area contributed by atoms with Crippen molar-refractivity contribution in [2.75, 3.05) is 18.1 Å². The predicted molar refractivity (Wildman–Crippen MR) is 72.7 cm³/mol. The summed E-state index contributed by atoms with van der Waals surface area (Å²) in [5, 5.41) is 3.25. The number of nitrogens with one attached hydrogen (secondary N) is 1. The molecule has 0 aliphatic rings. The summed E-state index contributed by atoms with van der Waals surface area (Å²) in [5.74, 6) is 2.12. The zero-order valence-corrected chi connectivity index (χ0v) is 11.7. The minimum Gasteiger partial charge on any atom is -0.368 e. The molecule has 0 aliphatic carbocycles. The van der Waals surface area contributed by atoms with E-state index in [0.29, 0.717) is 0 Å². The molecule has 3 nitrogen and oxygen atoms in total. The average molecular weight is 246 g/mol. The summed E-state index contributed by atoms with van der Waals surface area (Å²) in [7, 11) is 0. The van der Waals surface area contributed by atoms with Crippen LogP contribution in [0.5, 0.6) is 0 Å². The lowest BCUT2D eigenvalue weighted by Crippen LogP contribution is -2.53. The molecule has 0 fully saturated rings. The van der Waals surface area contributed by atoms with Gasteiger partial charge >= 0.3 is 0 Å². The number of carbonyl (C=O) groups excluding carboxylic acids is 1. The molecular formula is C12H26N2OS. The summed E-state index contributed by atoms with van der Waals surface area (Å²) >= 11 is 1.95. The highest BCUT2D eigenvalue weighted by molar-refractivity contribution is 7.99. The monoisotopic (exact) mass is 246 g/mol. The highest BCUT2D eigenvalue weighted by atomic mass is 32.2. The van der Waals surface area contributed by atoms with Gasteiger partial charge in [-0.05, 0) is 44.2 Å². The van der Waals surface area contributed by atoms with E-state index in [0.717, 1.165) is 32.2 Å². The van der Waals surface area contributed by atoms with Crippen molar-refractivity contribution < 1.29 is 4.79 Å². The molecule has 0 aliphatic heterocycles. The second-order valence-corrected chi connectivity index (χ2v) is 5.67. The maximum absolute atomic E-state index is 11.4. The molecule has 16 heavy (non-hydrogen) atoms. The highest BCUT2D eigenvalue weighted by Crippen LogP contribution is 2.15. The van der Waals surface area contributed by atoms with Gasteiger partial charge in [-0.3, -0.25) is 4.79 Å². The third kappa shape index (κ3) is 6.38. The quantitative estimate of drug-likeness (QED) is 0.581. The lowest BCUT2D eigenvalue weighted by molar-refractivity contribution is -0.124. The van der Waals surface area contributed by atoms with Crippen molar-refractivity contribution in [1.29, 1.82) is 0 Å². The summed E-state index contributed by atoms with van der Waals surface area (Å²) in [5.41, 5.74) is 4.93. The summed E-state index contributed by atoms with van der Waals surface area (Å²) < 4.78 is 0. The third-order valence-corrected chi connectivity index (χ3v) is 3.71. The van der Waals surface area contributed by atoms with Crippen LogP contribution in [0.15, 0.2) is 0 Å². The molecule has 0 aromatic rings. The largest absolute Gasteiger partial charge is 0.368 e. The second kappa shape index (κ2) is 8.88. The Kier molecular flexibility index (Phi) is 8.76. The molecule has 96 valence electrons. The van der Waals surface area contributed by atoms with Gasteiger partial charge < -0.3 is 11.1 Å².